The van der Waals surface area contributed by atoms with Crippen molar-refractivity contribution in [2.45, 2.75) is 5.92 Å². The van der Waals surface area contributed by atoms with Gasteiger partial charge in [-0.05, 0) is 35.4 Å². The van der Waals surface area contributed by atoms with Gasteiger partial charge in [0.2, 0.25) is 0 Å². The fourth-order valence-corrected chi connectivity index (χ4v) is 1.85. The molecule has 0 amide bonds. The summed E-state index contributed by atoms with van der Waals surface area (Å²) in [7, 11) is 1.63. The third-order valence-electron chi connectivity index (χ3n) is 2.84. The first-order valence-corrected chi connectivity index (χ1v) is 5.63. The molecule has 2 rings (SSSR count). The van der Waals surface area contributed by atoms with Gasteiger partial charge in [-0.2, -0.15) is 0 Å². The Bertz CT molecular complexity index is 547. The Hall–Kier alpha value is -2.40. The standard InChI is InChI=1S/C16H14O2/c1-3-16(12-4-8-14(17)9-5-12)13-6-10-15(18-2)11-7-13/h1,4-11,16-17H,2H3. The lowest BCUT2D eigenvalue weighted by molar-refractivity contribution is 0.414. The summed E-state index contributed by atoms with van der Waals surface area (Å²) in [5.74, 6) is 3.70. The number of phenols is 1. The molecule has 1 unspecified atom stereocenters. The Kier molecular flexibility index (Phi) is 3.54. The van der Waals surface area contributed by atoms with Crippen LogP contribution in [-0.2, 0) is 0 Å². The molecule has 0 aliphatic carbocycles. The second kappa shape index (κ2) is 5.29. The lowest BCUT2D eigenvalue weighted by Crippen LogP contribution is -1.97. The van der Waals surface area contributed by atoms with Crippen LogP contribution >= 0.6 is 0 Å². The summed E-state index contributed by atoms with van der Waals surface area (Å²) in [6.07, 6.45) is 5.60. The zero-order valence-corrected chi connectivity index (χ0v) is 10.1. The van der Waals surface area contributed by atoms with E-state index in [4.69, 9.17) is 11.2 Å². The number of rotatable bonds is 3. The highest BCUT2D eigenvalue weighted by Crippen LogP contribution is 2.26. The molecule has 90 valence electrons. The Labute approximate surface area is 107 Å². The molecule has 2 nitrogen and oxygen atoms in total. The predicted octanol–water partition coefficient (Wildman–Crippen LogP) is 3.17. The molecule has 0 radical (unpaired) electrons. The smallest absolute Gasteiger partial charge is 0.118 e. The van der Waals surface area contributed by atoms with Crippen molar-refractivity contribution < 1.29 is 9.84 Å². The van der Waals surface area contributed by atoms with Gasteiger partial charge in [0, 0.05) is 0 Å². The largest absolute Gasteiger partial charge is 0.508 e. The highest BCUT2D eigenvalue weighted by Gasteiger charge is 2.11. The summed E-state index contributed by atoms with van der Waals surface area (Å²) in [5.41, 5.74) is 2.02. The van der Waals surface area contributed by atoms with Gasteiger partial charge in [-0.15, -0.1) is 6.42 Å². The molecular formula is C16H14O2. The van der Waals surface area contributed by atoms with Gasteiger partial charge in [-0.25, -0.2) is 0 Å². The minimum absolute atomic E-state index is 0.114. The van der Waals surface area contributed by atoms with Crippen molar-refractivity contribution in [3.05, 3.63) is 59.7 Å². The molecule has 1 atom stereocenters. The van der Waals surface area contributed by atoms with Crippen LogP contribution in [0.2, 0.25) is 0 Å². The number of terminal acetylenes is 1. The van der Waals surface area contributed by atoms with Gasteiger partial charge in [0.25, 0.3) is 0 Å². The van der Waals surface area contributed by atoms with Crippen LogP contribution in [0, 0.1) is 12.3 Å². The minimum atomic E-state index is -0.114. The first kappa shape index (κ1) is 12.1. The number of ether oxygens (including phenoxy) is 1. The molecule has 0 bridgehead atoms. The van der Waals surface area contributed by atoms with Gasteiger partial charge in [0.15, 0.2) is 0 Å². The molecule has 0 aliphatic rings. The lowest BCUT2D eigenvalue weighted by atomic mass is 9.92. The average molecular weight is 238 g/mol. The molecule has 2 aromatic carbocycles. The topological polar surface area (TPSA) is 29.5 Å². The van der Waals surface area contributed by atoms with E-state index < -0.39 is 0 Å². The van der Waals surface area contributed by atoms with E-state index in [0.29, 0.717) is 0 Å². The van der Waals surface area contributed by atoms with Crippen LogP contribution in [0.1, 0.15) is 17.0 Å². The first-order chi connectivity index (χ1) is 8.74. The summed E-state index contributed by atoms with van der Waals surface area (Å²) in [4.78, 5) is 0. The second-order valence-corrected chi connectivity index (χ2v) is 3.96. The maximum absolute atomic E-state index is 9.28. The summed E-state index contributed by atoms with van der Waals surface area (Å²) >= 11 is 0. The van der Waals surface area contributed by atoms with Crippen LogP contribution in [0.15, 0.2) is 48.5 Å². The van der Waals surface area contributed by atoms with Crippen molar-refractivity contribution in [3.63, 3.8) is 0 Å². The first-order valence-electron chi connectivity index (χ1n) is 5.63. The Balaban J connectivity index is 2.33. The van der Waals surface area contributed by atoms with Crippen molar-refractivity contribution in [1.29, 1.82) is 0 Å². The highest BCUT2D eigenvalue weighted by molar-refractivity contribution is 5.42. The minimum Gasteiger partial charge on any atom is -0.508 e. The van der Waals surface area contributed by atoms with E-state index >= 15 is 0 Å². The normalized spacial score (nSPS) is 11.6. The molecular weight excluding hydrogens is 224 g/mol. The van der Waals surface area contributed by atoms with E-state index in [1.54, 1.807) is 19.2 Å². The molecule has 0 heterocycles. The van der Waals surface area contributed by atoms with Crippen molar-refractivity contribution in [2.24, 2.45) is 0 Å². The number of phenolic OH excluding ortho intramolecular Hbond substituents is 1. The van der Waals surface area contributed by atoms with E-state index in [-0.39, 0.29) is 11.7 Å². The molecule has 0 spiro atoms. The molecule has 2 heteroatoms. The SMILES string of the molecule is C#CC(c1ccc(O)cc1)c1ccc(OC)cc1. The van der Waals surface area contributed by atoms with E-state index in [9.17, 15) is 5.11 Å². The fraction of sp³-hybridized carbons (Fsp3) is 0.125. The molecule has 0 fully saturated rings. The third kappa shape index (κ3) is 2.46. The predicted molar refractivity (Wildman–Crippen MR) is 71.8 cm³/mol. The second-order valence-electron chi connectivity index (χ2n) is 3.96. The zero-order chi connectivity index (χ0) is 13.0. The van der Waals surface area contributed by atoms with Crippen LogP contribution in [0.25, 0.3) is 0 Å². The number of hydrogen-bond acceptors (Lipinski definition) is 2. The maximum atomic E-state index is 9.28. The van der Waals surface area contributed by atoms with Gasteiger partial charge in [-0.1, -0.05) is 30.2 Å². The summed E-state index contributed by atoms with van der Waals surface area (Å²) in [6.45, 7) is 0. The molecule has 0 saturated heterocycles. The lowest BCUT2D eigenvalue weighted by Gasteiger charge is -2.12. The zero-order valence-electron chi connectivity index (χ0n) is 10.1. The third-order valence-corrected chi connectivity index (χ3v) is 2.84. The van der Waals surface area contributed by atoms with Crippen LogP contribution in [-0.4, -0.2) is 12.2 Å². The molecule has 0 aromatic heterocycles. The highest BCUT2D eigenvalue weighted by atomic mass is 16.5. The summed E-state index contributed by atoms with van der Waals surface area (Å²) < 4.78 is 5.12. The van der Waals surface area contributed by atoms with Crippen molar-refractivity contribution in [1.82, 2.24) is 0 Å². The molecule has 18 heavy (non-hydrogen) atoms. The Morgan fingerprint density at radius 2 is 1.50 bits per heavy atom. The van der Waals surface area contributed by atoms with Crippen LogP contribution < -0.4 is 4.74 Å². The Morgan fingerprint density at radius 3 is 1.94 bits per heavy atom. The van der Waals surface area contributed by atoms with E-state index in [2.05, 4.69) is 5.92 Å². The number of aromatic hydroxyl groups is 1. The van der Waals surface area contributed by atoms with Crippen LogP contribution in [0.4, 0.5) is 0 Å². The Morgan fingerprint density at radius 1 is 1.00 bits per heavy atom. The van der Waals surface area contributed by atoms with Gasteiger partial charge in [0.05, 0.1) is 13.0 Å². The van der Waals surface area contributed by atoms with Crippen molar-refractivity contribution >= 4 is 0 Å². The summed E-state index contributed by atoms with van der Waals surface area (Å²) in [5, 5.41) is 9.28. The van der Waals surface area contributed by atoms with Gasteiger partial charge in [-0.3, -0.25) is 0 Å². The van der Waals surface area contributed by atoms with Gasteiger partial charge in [0.1, 0.15) is 11.5 Å². The molecule has 0 saturated carbocycles. The summed E-state index contributed by atoms with van der Waals surface area (Å²) in [6, 6.07) is 14.6. The van der Waals surface area contributed by atoms with Crippen molar-refractivity contribution in [2.75, 3.05) is 7.11 Å². The van der Waals surface area contributed by atoms with Crippen molar-refractivity contribution in [3.8, 4) is 23.8 Å². The van der Waals surface area contributed by atoms with E-state index in [1.165, 1.54) is 0 Å². The monoisotopic (exact) mass is 238 g/mol. The molecule has 1 N–H and O–H groups in total. The molecule has 0 aliphatic heterocycles. The fourth-order valence-electron chi connectivity index (χ4n) is 1.85. The van der Waals surface area contributed by atoms with E-state index in [1.807, 2.05) is 36.4 Å². The number of methoxy groups -OCH3 is 1. The maximum Gasteiger partial charge on any atom is 0.118 e. The number of hydrogen-bond donors (Lipinski definition) is 1. The van der Waals surface area contributed by atoms with Crippen LogP contribution in [0.5, 0.6) is 11.5 Å². The number of benzene rings is 2. The average Bonchev–Trinajstić information content (AvgIpc) is 2.42. The quantitative estimate of drug-likeness (QED) is 0.832. The van der Waals surface area contributed by atoms with Gasteiger partial charge >= 0.3 is 0 Å². The van der Waals surface area contributed by atoms with Crippen LogP contribution in [0.3, 0.4) is 0 Å². The van der Waals surface area contributed by atoms with E-state index in [0.717, 1.165) is 16.9 Å². The van der Waals surface area contributed by atoms with Gasteiger partial charge < -0.3 is 9.84 Å². The molecule has 2 aromatic rings.